The molecule has 4 aromatic rings. The molecule has 1 amide bonds. The Kier molecular flexibility index (Phi) is 7.33. The molecule has 1 N–H and O–H groups in total. The van der Waals surface area contributed by atoms with Gasteiger partial charge in [0.1, 0.15) is 5.75 Å². The van der Waals surface area contributed by atoms with E-state index in [-0.39, 0.29) is 29.3 Å². The Morgan fingerprint density at radius 3 is 2.27 bits per heavy atom. The normalized spacial score (nSPS) is 14.3. The van der Waals surface area contributed by atoms with E-state index in [0.717, 1.165) is 21.7 Å². The first-order valence-electron chi connectivity index (χ1n) is 11.7. The van der Waals surface area contributed by atoms with Crippen molar-refractivity contribution >= 4 is 32.4 Å². The van der Waals surface area contributed by atoms with E-state index in [9.17, 15) is 13.2 Å². The van der Waals surface area contributed by atoms with Crippen LogP contribution in [-0.2, 0) is 14.8 Å². The first kappa shape index (κ1) is 25.1. The van der Waals surface area contributed by atoms with Crippen LogP contribution in [0.15, 0.2) is 83.8 Å². The third-order valence-corrected chi connectivity index (χ3v) is 8.87. The summed E-state index contributed by atoms with van der Waals surface area (Å²) in [7, 11) is -2.35. The third kappa shape index (κ3) is 5.28. The minimum atomic E-state index is -3.79. The molecule has 0 aliphatic carbocycles. The lowest BCUT2D eigenvalue weighted by Crippen LogP contribution is -2.40. The fourth-order valence-corrected chi connectivity index (χ4v) is 6.50. The van der Waals surface area contributed by atoms with E-state index in [1.54, 1.807) is 0 Å². The van der Waals surface area contributed by atoms with Crippen molar-refractivity contribution in [3.8, 4) is 27.4 Å². The van der Waals surface area contributed by atoms with Gasteiger partial charge in [-0.05, 0) is 23.8 Å². The van der Waals surface area contributed by atoms with E-state index < -0.39 is 15.9 Å². The van der Waals surface area contributed by atoms with Gasteiger partial charge in [0.15, 0.2) is 5.13 Å². The summed E-state index contributed by atoms with van der Waals surface area (Å²) in [5.74, 6) is -0.245. The van der Waals surface area contributed by atoms with Crippen LogP contribution in [-0.4, -0.2) is 57.0 Å². The first-order valence-corrected chi connectivity index (χ1v) is 13.9. The SMILES string of the molecule is COc1ccc(S(=O)(=O)N2CCOCC2)cc1C(=O)Nc1nc(-c2ccccc2)c(-c2ccccc2)s1. The molecule has 1 saturated heterocycles. The second-order valence-corrected chi connectivity index (χ2v) is 11.2. The van der Waals surface area contributed by atoms with E-state index in [2.05, 4.69) is 5.32 Å². The number of carbonyl (C=O) groups excluding carboxylic acids is 1. The zero-order valence-corrected chi connectivity index (χ0v) is 21.7. The minimum absolute atomic E-state index is 0.0226. The molecule has 37 heavy (non-hydrogen) atoms. The van der Waals surface area contributed by atoms with Crippen molar-refractivity contribution in [2.45, 2.75) is 4.90 Å². The number of aromatic nitrogens is 1. The predicted octanol–water partition coefficient (Wildman–Crippen LogP) is 4.76. The summed E-state index contributed by atoms with van der Waals surface area (Å²) in [6.07, 6.45) is 0. The number of ether oxygens (including phenoxy) is 2. The highest BCUT2D eigenvalue weighted by atomic mass is 32.2. The minimum Gasteiger partial charge on any atom is -0.496 e. The predicted molar refractivity (Wildman–Crippen MR) is 144 cm³/mol. The van der Waals surface area contributed by atoms with E-state index in [1.165, 1.54) is 41.0 Å². The summed E-state index contributed by atoms with van der Waals surface area (Å²) in [5.41, 5.74) is 2.77. The quantitative estimate of drug-likeness (QED) is 0.367. The van der Waals surface area contributed by atoms with Crippen LogP contribution in [0.25, 0.3) is 21.7 Å². The van der Waals surface area contributed by atoms with Crippen molar-refractivity contribution in [2.75, 3.05) is 38.7 Å². The molecule has 1 aromatic heterocycles. The third-order valence-electron chi connectivity index (χ3n) is 5.95. The number of nitrogens with zero attached hydrogens (tertiary/aromatic N) is 2. The van der Waals surface area contributed by atoms with Gasteiger partial charge in [0.2, 0.25) is 10.0 Å². The maximum absolute atomic E-state index is 13.4. The lowest BCUT2D eigenvalue weighted by atomic mass is 10.1. The average Bonchev–Trinajstić information content (AvgIpc) is 3.37. The highest BCUT2D eigenvalue weighted by molar-refractivity contribution is 7.89. The van der Waals surface area contributed by atoms with Crippen LogP contribution in [0.2, 0.25) is 0 Å². The number of nitrogens with one attached hydrogen (secondary N) is 1. The summed E-state index contributed by atoms with van der Waals surface area (Å²) in [6.45, 7) is 1.19. The van der Waals surface area contributed by atoms with Gasteiger partial charge in [0.25, 0.3) is 5.91 Å². The van der Waals surface area contributed by atoms with Gasteiger partial charge in [-0.15, -0.1) is 0 Å². The second-order valence-electron chi connectivity index (χ2n) is 8.26. The summed E-state index contributed by atoms with van der Waals surface area (Å²) in [5, 5.41) is 3.25. The van der Waals surface area contributed by atoms with Crippen LogP contribution in [0.5, 0.6) is 5.75 Å². The Hall–Kier alpha value is -3.57. The summed E-state index contributed by atoms with van der Waals surface area (Å²) >= 11 is 1.35. The number of hydrogen-bond donors (Lipinski definition) is 1. The van der Waals surface area contributed by atoms with Crippen molar-refractivity contribution in [3.63, 3.8) is 0 Å². The zero-order valence-electron chi connectivity index (χ0n) is 20.1. The maximum atomic E-state index is 13.4. The number of carbonyl (C=O) groups is 1. The number of thiazole rings is 1. The number of morpholine rings is 1. The molecule has 0 saturated carbocycles. The molecule has 3 aromatic carbocycles. The number of benzene rings is 3. The largest absolute Gasteiger partial charge is 0.496 e. The second kappa shape index (κ2) is 10.8. The number of rotatable bonds is 7. The highest BCUT2D eigenvalue weighted by Gasteiger charge is 2.28. The Balaban J connectivity index is 1.49. The fourth-order valence-electron chi connectivity index (χ4n) is 4.08. The van der Waals surface area contributed by atoms with Gasteiger partial charge in [0.05, 0.1) is 41.4 Å². The van der Waals surface area contributed by atoms with E-state index >= 15 is 0 Å². The first-order chi connectivity index (χ1) is 18.0. The standard InChI is InChI=1S/C27H25N3O5S2/c1-34-23-13-12-21(37(32,33)30-14-16-35-17-15-30)18-22(23)26(31)29-27-28-24(19-8-4-2-5-9-19)25(36-27)20-10-6-3-7-11-20/h2-13,18H,14-17H2,1H3,(H,28,29,31). The number of methoxy groups -OCH3 is 1. The van der Waals surface area contributed by atoms with Gasteiger partial charge >= 0.3 is 0 Å². The Labute approximate surface area is 219 Å². The van der Waals surface area contributed by atoms with Gasteiger partial charge in [-0.2, -0.15) is 4.31 Å². The Morgan fingerprint density at radius 1 is 0.973 bits per heavy atom. The zero-order chi connectivity index (χ0) is 25.8. The smallest absolute Gasteiger partial charge is 0.261 e. The van der Waals surface area contributed by atoms with Crippen molar-refractivity contribution in [1.29, 1.82) is 0 Å². The van der Waals surface area contributed by atoms with Gasteiger partial charge in [-0.25, -0.2) is 13.4 Å². The molecule has 5 rings (SSSR count). The molecule has 1 aliphatic rings. The summed E-state index contributed by atoms with van der Waals surface area (Å²) in [4.78, 5) is 19.1. The van der Waals surface area contributed by atoms with Crippen LogP contribution in [0.4, 0.5) is 5.13 Å². The highest BCUT2D eigenvalue weighted by Crippen LogP contribution is 2.39. The van der Waals surface area contributed by atoms with E-state index in [4.69, 9.17) is 14.5 Å². The van der Waals surface area contributed by atoms with Gasteiger partial charge in [0, 0.05) is 18.7 Å². The van der Waals surface area contributed by atoms with E-state index in [1.807, 2.05) is 60.7 Å². The van der Waals surface area contributed by atoms with Crippen LogP contribution in [0, 0.1) is 0 Å². The van der Waals surface area contributed by atoms with Crippen molar-refractivity contribution in [3.05, 3.63) is 84.4 Å². The molecule has 0 atom stereocenters. The lowest BCUT2D eigenvalue weighted by molar-refractivity contribution is 0.0730. The van der Waals surface area contributed by atoms with Crippen molar-refractivity contribution < 1.29 is 22.7 Å². The van der Waals surface area contributed by atoms with Gasteiger partial charge < -0.3 is 9.47 Å². The van der Waals surface area contributed by atoms with Gasteiger partial charge in [-0.1, -0.05) is 72.0 Å². The molecular weight excluding hydrogens is 510 g/mol. The number of sulfonamides is 1. The molecule has 1 aliphatic heterocycles. The van der Waals surface area contributed by atoms with Gasteiger partial charge in [-0.3, -0.25) is 10.1 Å². The topological polar surface area (TPSA) is 97.8 Å². The molecule has 0 bridgehead atoms. The molecule has 0 unspecified atom stereocenters. The maximum Gasteiger partial charge on any atom is 0.261 e. The molecule has 0 radical (unpaired) electrons. The summed E-state index contributed by atoms with van der Waals surface area (Å²) in [6, 6.07) is 23.9. The molecule has 190 valence electrons. The molecule has 10 heteroatoms. The van der Waals surface area contributed by atoms with Crippen LogP contribution in [0.1, 0.15) is 10.4 Å². The fraction of sp³-hybridized carbons (Fsp3) is 0.185. The molecule has 8 nitrogen and oxygen atoms in total. The summed E-state index contributed by atoms with van der Waals surface area (Å²) < 4.78 is 38.4. The number of amides is 1. The van der Waals surface area contributed by atoms with Crippen LogP contribution >= 0.6 is 11.3 Å². The molecule has 2 heterocycles. The molecule has 0 spiro atoms. The number of hydrogen-bond acceptors (Lipinski definition) is 7. The average molecular weight is 536 g/mol. The van der Waals surface area contributed by atoms with Crippen molar-refractivity contribution in [1.82, 2.24) is 9.29 Å². The monoisotopic (exact) mass is 535 g/mol. The van der Waals surface area contributed by atoms with Crippen molar-refractivity contribution in [2.24, 2.45) is 0 Å². The molecular formula is C27H25N3O5S2. The number of anilines is 1. The Morgan fingerprint density at radius 2 is 1.62 bits per heavy atom. The molecule has 1 fully saturated rings. The van der Waals surface area contributed by atoms with Crippen LogP contribution in [0.3, 0.4) is 0 Å². The van der Waals surface area contributed by atoms with E-state index in [0.29, 0.717) is 18.3 Å². The Bertz CT molecular complexity index is 1440. The van der Waals surface area contributed by atoms with Crippen LogP contribution < -0.4 is 10.1 Å². The lowest BCUT2D eigenvalue weighted by Gasteiger charge is -2.26.